The lowest BCUT2D eigenvalue weighted by atomic mass is 9.97. The zero-order valence-corrected chi connectivity index (χ0v) is 11.5. The number of hydrogen-bond donors (Lipinski definition) is 1. The molecule has 102 valence electrons. The third kappa shape index (κ3) is 4.90. The summed E-state index contributed by atoms with van der Waals surface area (Å²) in [6.45, 7) is 8.98. The summed E-state index contributed by atoms with van der Waals surface area (Å²) in [5.41, 5.74) is -0.491. The van der Waals surface area contributed by atoms with Gasteiger partial charge in [-0.25, -0.2) is 4.79 Å². The maximum atomic E-state index is 11.7. The van der Waals surface area contributed by atoms with Crippen LogP contribution in [0.15, 0.2) is 12.7 Å². The zero-order chi connectivity index (χ0) is 13.8. The molecule has 2 unspecified atom stereocenters. The standard InChI is InChI=1S/C14H23NO3/c1-5-11(16)9-10-7-6-8-12(10)15-13(17)18-14(2,3)4/h5,10,12H,1,6-9H2,2-4H3,(H,15,17). The van der Waals surface area contributed by atoms with Crippen LogP contribution in [0.25, 0.3) is 0 Å². The van der Waals surface area contributed by atoms with Crippen molar-refractivity contribution in [3.63, 3.8) is 0 Å². The van der Waals surface area contributed by atoms with Crippen LogP contribution in [0.3, 0.4) is 0 Å². The summed E-state index contributed by atoms with van der Waals surface area (Å²) >= 11 is 0. The Balaban J connectivity index is 2.47. The third-order valence-electron chi connectivity index (χ3n) is 3.05. The van der Waals surface area contributed by atoms with Crippen molar-refractivity contribution < 1.29 is 14.3 Å². The molecule has 18 heavy (non-hydrogen) atoms. The van der Waals surface area contributed by atoms with Crippen molar-refractivity contribution in [1.82, 2.24) is 5.32 Å². The number of ketones is 1. The van der Waals surface area contributed by atoms with E-state index in [0.29, 0.717) is 6.42 Å². The normalized spacial score (nSPS) is 23.5. The van der Waals surface area contributed by atoms with Crippen LogP contribution in [0.4, 0.5) is 4.79 Å². The fraction of sp³-hybridized carbons (Fsp3) is 0.714. The van der Waals surface area contributed by atoms with Crippen LogP contribution < -0.4 is 5.32 Å². The number of nitrogens with one attached hydrogen (secondary N) is 1. The van der Waals surface area contributed by atoms with Gasteiger partial charge in [0.25, 0.3) is 0 Å². The largest absolute Gasteiger partial charge is 0.444 e. The van der Waals surface area contributed by atoms with Gasteiger partial charge in [0.2, 0.25) is 0 Å². The highest BCUT2D eigenvalue weighted by atomic mass is 16.6. The van der Waals surface area contributed by atoms with Crippen molar-refractivity contribution in [1.29, 1.82) is 0 Å². The van der Waals surface area contributed by atoms with Crippen molar-refractivity contribution in [3.05, 3.63) is 12.7 Å². The number of amides is 1. The van der Waals surface area contributed by atoms with Crippen molar-refractivity contribution in [2.24, 2.45) is 5.92 Å². The van der Waals surface area contributed by atoms with Crippen LogP contribution in [-0.2, 0) is 9.53 Å². The molecule has 1 saturated carbocycles. The van der Waals surface area contributed by atoms with E-state index >= 15 is 0 Å². The minimum absolute atomic E-state index is 0.0397. The number of alkyl carbamates (subject to hydrolysis) is 1. The van der Waals surface area contributed by atoms with E-state index in [9.17, 15) is 9.59 Å². The lowest BCUT2D eigenvalue weighted by molar-refractivity contribution is -0.115. The Morgan fingerprint density at radius 1 is 1.39 bits per heavy atom. The Kier molecular flexibility index (Phi) is 4.93. The number of carbonyl (C=O) groups is 2. The Labute approximate surface area is 109 Å². The predicted octanol–water partition coefficient (Wildman–Crippen LogP) is 2.83. The van der Waals surface area contributed by atoms with Crippen LogP contribution in [0.2, 0.25) is 0 Å². The van der Waals surface area contributed by atoms with E-state index < -0.39 is 11.7 Å². The van der Waals surface area contributed by atoms with E-state index in [1.807, 2.05) is 20.8 Å². The smallest absolute Gasteiger partial charge is 0.407 e. The van der Waals surface area contributed by atoms with Crippen LogP contribution in [-0.4, -0.2) is 23.5 Å². The molecule has 1 N–H and O–H groups in total. The van der Waals surface area contributed by atoms with E-state index in [2.05, 4.69) is 11.9 Å². The summed E-state index contributed by atoms with van der Waals surface area (Å²) in [5.74, 6) is 0.251. The predicted molar refractivity (Wildman–Crippen MR) is 70.3 cm³/mol. The number of ether oxygens (including phenoxy) is 1. The van der Waals surface area contributed by atoms with Crippen LogP contribution in [0.5, 0.6) is 0 Å². The van der Waals surface area contributed by atoms with Crippen molar-refractivity contribution in [2.45, 2.75) is 58.1 Å². The van der Waals surface area contributed by atoms with E-state index in [-0.39, 0.29) is 17.7 Å². The van der Waals surface area contributed by atoms with Gasteiger partial charge in [0, 0.05) is 12.5 Å². The second-order valence-electron chi connectivity index (χ2n) is 5.82. The van der Waals surface area contributed by atoms with Gasteiger partial charge in [0.15, 0.2) is 5.78 Å². The van der Waals surface area contributed by atoms with Gasteiger partial charge in [-0.05, 0) is 45.6 Å². The Morgan fingerprint density at radius 3 is 2.61 bits per heavy atom. The summed E-state index contributed by atoms with van der Waals surface area (Å²) < 4.78 is 5.22. The summed E-state index contributed by atoms with van der Waals surface area (Å²) in [7, 11) is 0. The van der Waals surface area contributed by atoms with E-state index in [1.54, 1.807) is 0 Å². The molecule has 1 aliphatic carbocycles. The Hall–Kier alpha value is -1.32. The summed E-state index contributed by atoms with van der Waals surface area (Å²) in [4.78, 5) is 23.0. The molecule has 1 rings (SSSR count). The van der Waals surface area contributed by atoms with E-state index in [1.165, 1.54) is 6.08 Å². The molecule has 0 aromatic carbocycles. The fourth-order valence-electron chi connectivity index (χ4n) is 2.27. The molecule has 0 heterocycles. The van der Waals surface area contributed by atoms with Gasteiger partial charge in [-0.1, -0.05) is 13.0 Å². The molecule has 1 amide bonds. The monoisotopic (exact) mass is 253 g/mol. The van der Waals surface area contributed by atoms with Crippen molar-refractivity contribution in [3.8, 4) is 0 Å². The lowest BCUT2D eigenvalue weighted by Gasteiger charge is -2.24. The average molecular weight is 253 g/mol. The van der Waals surface area contributed by atoms with E-state index in [0.717, 1.165) is 19.3 Å². The number of allylic oxidation sites excluding steroid dienone is 1. The molecule has 0 aliphatic heterocycles. The second kappa shape index (κ2) is 6.03. The van der Waals surface area contributed by atoms with Gasteiger partial charge in [-0.15, -0.1) is 0 Å². The van der Waals surface area contributed by atoms with E-state index in [4.69, 9.17) is 4.74 Å². The fourth-order valence-corrected chi connectivity index (χ4v) is 2.27. The van der Waals surface area contributed by atoms with Crippen LogP contribution in [0.1, 0.15) is 46.5 Å². The van der Waals surface area contributed by atoms with Gasteiger partial charge >= 0.3 is 6.09 Å². The maximum absolute atomic E-state index is 11.7. The van der Waals surface area contributed by atoms with Gasteiger partial charge in [0.05, 0.1) is 0 Å². The molecular weight excluding hydrogens is 230 g/mol. The minimum atomic E-state index is -0.491. The molecule has 0 aromatic rings. The molecule has 0 bridgehead atoms. The highest BCUT2D eigenvalue weighted by Crippen LogP contribution is 2.29. The number of rotatable bonds is 4. The molecule has 1 aliphatic rings. The highest BCUT2D eigenvalue weighted by molar-refractivity contribution is 5.89. The maximum Gasteiger partial charge on any atom is 0.407 e. The molecule has 4 nitrogen and oxygen atoms in total. The minimum Gasteiger partial charge on any atom is -0.444 e. The highest BCUT2D eigenvalue weighted by Gasteiger charge is 2.30. The van der Waals surface area contributed by atoms with Gasteiger partial charge < -0.3 is 10.1 Å². The first kappa shape index (κ1) is 14.7. The first-order valence-electron chi connectivity index (χ1n) is 6.46. The number of hydrogen-bond acceptors (Lipinski definition) is 3. The van der Waals surface area contributed by atoms with Crippen LogP contribution >= 0.6 is 0 Å². The average Bonchev–Trinajstić information content (AvgIpc) is 2.62. The second-order valence-corrected chi connectivity index (χ2v) is 5.82. The third-order valence-corrected chi connectivity index (χ3v) is 3.05. The van der Waals surface area contributed by atoms with Gasteiger partial charge in [-0.3, -0.25) is 4.79 Å². The quantitative estimate of drug-likeness (QED) is 0.784. The molecular formula is C14H23NO3. The topological polar surface area (TPSA) is 55.4 Å². The summed E-state index contributed by atoms with van der Waals surface area (Å²) in [5, 5.41) is 2.87. The molecule has 0 saturated heterocycles. The zero-order valence-electron chi connectivity index (χ0n) is 11.5. The first-order valence-corrected chi connectivity index (χ1v) is 6.46. The Morgan fingerprint density at radius 2 is 2.06 bits per heavy atom. The van der Waals surface area contributed by atoms with Crippen LogP contribution in [0, 0.1) is 5.92 Å². The molecule has 1 fully saturated rings. The van der Waals surface area contributed by atoms with Crippen molar-refractivity contribution in [2.75, 3.05) is 0 Å². The molecule has 0 spiro atoms. The van der Waals surface area contributed by atoms with Crippen molar-refractivity contribution >= 4 is 11.9 Å². The molecule has 0 radical (unpaired) electrons. The lowest BCUT2D eigenvalue weighted by Crippen LogP contribution is -2.41. The Bertz CT molecular complexity index is 330. The number of carbonyl (C=O) groups excluding carboxylic acids is 2. The first-order chi connectivity index (χ1) is 8.31. The molecule has 2 atom stereocenters. The summed E-state index contributed by atoms with van der Waals surface area (Å²) in [6.07, 6.45) is 4.34. The van der Waals surface area contributed by atoms with Gasteiger partial charge in [-0.2, -0.15) is 0 Å². The SMILES string of the molecule is C=CC(=O)CC1CCCC1NC(=O)OC(C)(C)C. The summed E-state index contributed by atoms with van der Waals surface area (Å²) in [6, 6.07) is 0.0451. The molecule has 4 heteroatoms. The molecule has 0 aromatic heterocycles. The van der Waals surface area contributed by atoms with Gasteiger partial charge in [0.1, 0.15) is 5.60 Å².